The summed E-state index contributed by atoms with van der Waals surface area (Å²) in [6, 6.07) is 0. The van der Waals surface area contributed by atoms with Gasteiger partial charge in [-0.1, -0.05) is 0 Å². The molecule has 0 aliphatic rings. The van der Waals surface area contributed by atoms with E-state index < -0.39 is 0 Å². The highest BCUT2D eigenvalue weighted by Gasteiger charge is 1.90. The average Bonchev–Trinajstić information content (AvgIpc) is 1.87. The molecule has 10 heavy (non-hydrogen) atoms. The van der Waals surface area contributed by atoms with E-state index in [4.69, 9.17) is 0 Å². The smallest absolute Gasteiger partial charge is 0.138 e. The van der Waals surface area contributed by atoms with Crippen LogP contribution in [0.4, 0.5) is 0 Å². The lowest BCUT2D eigenvalue weighted by atomic mass is 10.3. The summed E-state index contributed by atoms with van der Waals surface area (Å²) in [6.07, 6.45) is 1.76. The highest BCUT2D eigenvalue weighted by Crippen LogP contribution is 1.97. The lowest BCUT2D eigenvalue weighted by molar-refractivity contribution is 0.675. The summed E-state index contributed by atoms with van der Waals surface area (Å²) < 4.78 is 0. The van der Waals surface area contributed by atoms with Gasteiger partial charge in [0.1, 0.15) is 5.82 Å². The Morgan fingerprint density at radius 1 is 1.40 bits per heavy atom. The molecule has 0 aromatic rings. The molecule has 0 bridgehead atoms. The van der Waals surface area contributed by atoms with Crippen LogP contribution < -0.4 is 10.9 Å². The van der Waals surface area contributed by atoms with Crippen LogP contribution in [-0.2, 0) is 0 Å². The van der Waals surface area contributed by atoms with Gasteiger partial charge in [0, 0.05) is 13.3 Å². The van der Waals surface area contributed by atoms with Gasteiger partial charge in [-0.3, -0.25) is 0 Å². The van der Waals surface area contributed by atoms with Gasteiger partial charge in [0.05, 0.1) is 0 Å². The molecule has 3 nitrogen and oxygen atoms in total. The van der Waals surface area contributed by atoms with Crippen molar-refractivity contribution in [2.24, 2.45) is 4.99 Å². The third-order valence-electron chi connectivity index (χ3n) is 0.975. The number of nitrogens with one attached hydrogen (secondary N) is 2. The SMILES string of the molecule is CC=NC(NNC)=C(C)C. The summed E-state index contributed by atoms with van der Waals surface area (Å²) in [5.41, 5.74) is 6.89. The van der Waals surface area contributed by atoms with Gasteiger partial charge in [-0.2, -0.15) is 0 Å². The van der Waals surface area contributed by atoms with Crippen molar-refractivity contribution in [3.63, 3.8) is 0 Å². The first-order valence-corrected chi connectivity index (χ1v) is 3.31. The molecule has 0 saturated carbocycles. The van der Waals surface area contributed by atoms with Crippen LogP contribution in [0.5, 0.6) is 0 Å². The predicted molar refractivity (Wildman–Crippen MR) is 44.7 cm³/mol. The molecule has 2 N–H and O–H groups in total. The van der Waals surface area contributed by atoms with Crippen molar-refractivity contribution in [3.05, 3.63) is 11.4 Å². The highest BCUT2D eigenvalue weighted by atomic mass is 15.4. The van der Waals surface area contributed by atoms with Crippen LogP contribution in [0.25, 0.3) is 0 Å². The van der Waals surface area contributed by atoms with E-state index in [1.807, 2.05) is 27.8 Å². The van der Waals surface area contributed by atoms with Crippen molar-refractivity contribution in [1.82, 2.24) is 10.9 Å². The van der Waals surface area contributed by atoms with Crippen molar-refractivity contribution in [3.8, 4) is 0 Å². The molecule has 3 heteroatoms. The van der Waals surface area contributed by atoms with Crippen molar-refractivity contribution in [2.75, 3.05) is 7.05 Å². The minimum absolute atomic E-state index is 0.880. The zero-order valence-electron chi connectivity index (χ0n) is 7.02. The molecular formula is C7H15N3. The maximum absolute atomic E-state index is 4.09. The normalized spacial score (nSPS) is 10.0. The van der Waals surface area contributed by atoms with Crippen molar-refractivity contribution in [2.45, 2.75) is 20.8 Å². The average molecular weight is 141 g/mol. The number of allylic oxidation sites excluding steroid dienone is 1. The Bertz CT molecular complexity index is 143. The first-order valence-electron chi connectivity index (χ1n) is 3.31. The summed E-state index contributed by atoms with van der Waals surface area (Å²) >= 11 is 0. The number of hydrazine groups is 1. The molecule has 0 aliphatic carbocycles. The number of hydrogen-bond donors (Lipinski definition) is 2. The fraction of sp³-hybridized carbons (Fsp3) is 0.571. The number of nitrogens with zero attached hydrogens (tertiary/aromatic N) is 1. The molecule has 0 amide bonds. The van der Waals surface area contributed by atoms with Crippen LogP contribution in [0.15, 0.2) is 16.4 Å². The minimum Gasteiger partial charge on any atom is -0.306 e. The summed E-state index contributed by atoms with van der Waals surface area (Å²) in [5.74, 6) is 0.880. The lowest BCUT2D eigenvalue weighted by Gasteiger charge is -2.05. The molecule has 0 rings (SSSR count). The Morgan fingerprint density at radius 2 is 2.00 bits per heavy atom. The Labute approximate surface area is 62.2 Å². The Morgan fingerprint density at radius 3 is 2.30 bits per heavy atom. The molecule has 0 fully saturated rings. The van der Waals surface area contributed by atoms with Crippen LogP contribution in [0.1, 0.15) is 20.8 Å². The summed E-state index contributed by atoms with van der Waals surface area (Å²) in [4.78, 5) is 4.09. The van der Waals surface area contributed by atoms with Gasteiger partial charge >= 0.3 is 0 Å². The monoisotopic (exact) mass is 141 g/mol. The summed E-state index contributed by atoms with van der Waals surface area (Å²) in [7, 11) is 1.81. The molecule has 0 aromatic carbocycles. The molecular weight excluding hydrogens is 126 g/mol. The second-order valence-corrected chi connectivity index (χ2v) is 2.11. The minimum atomic E-state index is 0.880. The molecule has 0 spiro atoms. The standard InChI is InChI=1S/C7H15N3/c1-5-9-7(6(2)3)10-8-4/h5,8,10H,1-4H3. The Kier molecular flexibility index (Phi) is 4.58. The predicted octanol–water partition coefficient (Wildman–Crippen LogP) is 1.05. The highest BCUT2D eigenvalue weighted by molar-refractivity contribution is 5.55. The molecule has 0 aromatic heterocycles. The molecule has 0 aliphatic heterocycles. The van der Waals surface area contributed by atoms with Crippen LogP contribution in [0, 0.1) is 0 Å². The van der Waals surface area contributed by atoms with Gasteiger partial charge in [-0.15, -0.1) is 0 Å². The van der Waals surface area contributed by atoms with Crippen LogP contribution in [-0.4, -0.2) is 13.3 Å². The Hall–Kier alpha value is -0.830. The van der Waals surface area contributed by atoms with E-state index in [1.165, 1.54) is 0 Å². The van der Waals surface area contributed by atoms with E-state index in [0.29, 0.717) is 0 Å². The van der Waals surface area contributed by atoms with Gasteiger partial charge < -0.3 is 5.43 Å². The maximum Gasteiger partial charge on any atom is 0.138 e. The maximum atomic E-state index is 4.09. The fourth-order valence-electron chi connectivity index (χ4n) is 0.534. The van der Waals surface area contributed by atoms with Crippen LogP contribution >= 0.6 is 0 Å². The molecule has 0 heterocycles. The zero-order valence-corrected chi connectivity index (χ0v) is 7.02. The second kappa shape index (κ2) is 4.99. The lowest BCUT2D eigenvalue weighted by Crippen LogP contribution is -2.26. The topological polar surface area (TPSA) is 36.4 Å². The molecule has 0 unspecified atom stereocenters. The van der Waals surface area contributed by atoms with E-state index in [9.17, 15) is 0 Å². The van der Waals surface area contributed by atoms with Crippen molar-refractivity contribution in [1.29, 1.82) is 0 Å². The molecule has 0 atom stereocenters. The van der Waals surface area contributed by atoms with Crippen molar-refractivity contribution < 1.29 is 0 Å². The molecule has 0 radical (unpaired) electrons. The number of hydrogen-bond acceptors (Lipinski definition) is 3. The first kappa shape index (κ1) is 9.17. The van der Waals surface area contributed by atoms with Gasteiger partial charge in [0.25, 0.3) is 0 Å². The second-order valence-electron chi connectivity index (χ2n) is 2.11. The van der Waals surface area contributed by atoms with Gasteiger partial charge in [0.15, 0.2) is 0 Å². The number of rotatable bonds is 3. The molecule has 58 valence electrons. The van der Waals surface area contributed by atoms with Crippen LogP contribution in [0.2, 0.25) is 0 Å². The van der Waals surface area contributed by atoms with Crippen LogP contribution in [0.3, 0.4) is 0 Å². The van der Waals surface area contributed by atoms with Gasteiger partial charge in [-0.25, -0.2) is 10.4 Å². The summed E-state index contributed by atoms with van der Waals surface area (Å²) in [5, 5.41) is 0. The third-order valence-corrected chi connectivity index (χ3v) is 0.975. The van der Waals surface area contributed by atoms with E-state index in [1.54, 1.807) is 6.21 Å². The number of aliphatic imine (C=N–C) groups is 1. The van der Waals surface area contributed by atoms with Gasteiger partial charge in [0.2, 0.25) is 0 Å². The first-order chi connectivity index (χ1) is 4.72. The zero-order chi connectivity index (χ0) is 7.98. The quantitative estimate of drug-likeness (QED) is 0.455. The Balaban J connectivity index is 4.13. The largest absolute Gasteiger partial charge is 0.306 e. The third kappa shape index (κ3) is 3.25. The fourth-order valence-corrected chi connectivity index (χ4v) is 0.534. The van der Waals surface area contributed by atoms with Gasteiger partial charge in [-0.05, 0) is 26.3 Å². The van der Waals surface area contributed by atoms with E-state index in [2.05, 4.69) is 15.8 Å². The van der Waals surface area contributed by atoms with E-state index in [-0.39, 0.29) is 0 Å². The van der Waals surface area contributed by atoms with Crippen molar-refractivity contribution >= 4 is 6.21 Å². The molecule has 0 saturated heterocycles. The summed E-state index contributed by atoms with van der Waals surface area (Å²) in [6.45, 7) is 5.90. The van der Waals surface area contributed by atoms with E-state index in [0.717, 1.165) is 11.4 Å². The van der Waals surface area contributed by atoms with E-state index >= 15 is 0 Å².